The molecule has 1 unspecified atom stereocenters. The van der Waals surface area contributed by atoms with Crippen LogP contribution in [-0.4, -0.2) is 11.5 Å². The third-order valence-corrected chi connectivity index (χ3v) is 3.76. The zero-order chi connectivity index (χ0) is 13.7. The summed E-state index contributed by atoms with van der Waals surface area (Å²) in [6, 6.07) is 2.46. The van der Waals surface area contributed by atoms with Crippen LogP contribution in [0.5, 0.6) is 0 Å². The molecule has 1 aliphatic rings. The SMILES string of the molecule is CCNC(CC1=CCCCC1)c1cc(C)cnc1N. The minimum atomic E-state index is 0.293. The van der Waals surface area contributed by atoms with Crippen molar-refractivity contribution in [3.05, 3.63) is 35.0 Å². The lowest BCUT2D eigenvalue weighted by atomic mass is 9.91. The molecule has 1 heterocycles. The molecule has 0 radical (unpaired) electrons. The van der Waals surface area contributed by atoms with E-state index in [4.69, 9.17) is 5.73 Å². The number of aryl methyl sites for hydroxylation is 1. The highest BCUT2D eigenvalue weighted by Crippen LogP contribution is 2.29. The summed E-state index contributed by atoms with van der Waals surface area (Å²) in [5, 5.41) is 3.55. The van der Waals surface area contributed by atoms with Crippen molar-refractivity contribution in [3.63, 3.8) is 0 Å². The van der Waals surface area contributed by atoms with Crippen LogP contribution in [0.25, 0.3) is 0 Å². The smallest absolute Gasteiger partial charge is 0.128 e. The molecule has 19 heavy (non-hydrogen) atoms. The fourth-order valence-corrected chi connectivity index (χ4v) is 2.77. The van der Waals surface area contributed by atoms with Gasteiger partial charge in [0.1, 0.15) is 5.82 Å². The van der Waals surface area contributed by atoms with Gasteiger partial charge in [-0.2, -0.15) is 0 Å². The number of nitrogens with one attached hydrogen (secondary N) is 1. The van der Waals surface area contributed by atoms with E-state index in [0.717, 1.165) is 18.5 Å². The molecule has 0 spiro atoms. The second-order valence-electron chi connectivity index (χ2n) is 5.41. The molecular weight excluding hydrogens is 234 g/mol. The number of aromatic nitrogens is 1. The van der Waals surface area contributed by atoms with Crippen LogP contribution in [0.2, 0.25) is 0 Å². The monoisotopic (exact) mass is 259 g/mol. The van der Waals surface area contributed by atoms with Gasteiger partial charge in [-0.3, -0.25) is 0 Å². The first-order chi connectivity index (χ1) is 9.20. The predicted octanol–water partition coefficient (Wildman–Crippen LogP) is 3.51. The summed E-state index contributed by atoms with van der Waals surface area (Å²) in [6.07, 6.45) is 10.4. The quantitative estimate of drug-likeness (QED) is 0.796. The van der Waals surface area contributed by atoms with Gasteiger partial charge in [-0.05, 0) is 57.2 Å². The number of nitrogens with two attached hydrogens (primary N) is 1. The molecule has 0 saturated carbocycles. The van der Waals surface area contributed by atoms with E-state index in [9.17, 15) is 0 Å². The lowest BCUT2D eigenvalue weighted by Crippen LogP contribution is -2.23. The zero-order valence-corrected chi connectivity index (χ0v) is 12.1. The molecule has 1 atom stereocenters. The Labute approximate surface area is 116 Å². The molecule has 0 bridgehead atoms. The van der Waals surface area contributed by atoms with Crippen molar-refractivity contribution in [1.82, 2.24) is 10.3 Å². The average molecular weight is 259 g/mol. The third kappa shape index (κ3) is 3.80. The summed E-state index contributed by atoms with van der Waals surface area (Å²) in [6.45, 7) is 5.16. The van der Waals surface area contributed by atoms with Gasteiger partial charge in [0.05, 0.1) is 0 Å². The molecule has 0 aliphatic heterocycles. The maximum absolute atomic E-state index is 6.06. The Morgan fingerprint density at radius 1 is 1.42 bits per heavy atom. The molecule has 1 aliphatic carbocycles. The molecule has 0 saturated heterocycles. The summed E-state index contributed by atoms with van der Waals surface area (Å²) in [5.74, 6) is 0.660. The van der Waals surface area contributed by atoms with E-state index in [2.05, 4.69) is 36.3 Å². The Morgan fingerprint density at radius 3 is 2.95 bits per heavy atom. The summed E-state index contributed by atoms with van der Waals surface area (Å²) >= 11 is 0. The van der Waals surface area contributed by atoms with Gasteiger partial charge in [-0.25, -0.2) is 4.98 Å². The predicted molar refractivity (Wildman–Crippen MR) is 81.0 cm³/mol. The number of nitrogen functional groups attached to an aromatic ring is 1. The molecule has 3 heteroatoms. The Bertz CT molecular complexity index is 451. The largest absolute Gasteiger partial charge is 0.383 e. The van der Waals surface area contributed by atoms with Crippen molar-refractivity contribution in [2.75, 3.05) is 12.3 Å². The second-order valence-corrected chi connectivity index (χ2v) is 5.41. The normalized spacial score (nSPS) is 17.1. The maximum atomic E-state index is 6.06. The Kier molecular flexibility index (Phi) is 4.97. The molecular formula is C16H25N3. The van der Waals surface area contributed by atoms with Crippen molar-refractivity contribution in [3.8, 4) is 0 Å². The number of hydrogen-bond donors (Lipinski definition) is 2. The Morgan fingerprint density at radius 2 is 2.26 bits per heavy atom. The standard InChI is InChI=1S/C16H25N3/c1-3-18-15(10-13-7-5-4-6-8-13)14-9-12(2)11-19-16(14)17/h7,9,11,15,18H,3-6,8,10H2,1-2H3,(H2,17,19). The van der Waals surface area contributed by atoms with Gasteiger partial charge in [0.15, 0.2) is 0 Å². The minimum absolute atomic E-state index is 0.293. The van der Waals surface area contributed by atoms with E-state index >= 15 is 0 Å². The van der Waals surface area contributed by atoms with E-state index in [1.54, 1.807) is 5.57 Å². The van der Waals surface area contributed by atoms with E-state index in [0.29, 0.717) is 11.9 Å². The van der Waals surface area contributed by atoms with Gasteiger partial charge in [0, 0.05) is 17.8 Å². The number of anilines is 1. The lowest BCUT2D eigenvalue weighted by molar-refractivity contribution is 0.527. The molecule has 2 rings (SSSR count). The minimum Gasteiger partial charge on any atom is -0.383 e. The van der Waals surface area contributed by atoms with Gasteiger partial charge in [-0.15, -0.1) is 0 Å². The highest BCUT2D eigenvalue weighted by Gasteiger charge is 2.17. The first kappa shape index (κ1) is 14.1. The molecule has 3 N–H and O–H groups in total. The van der Waals surface area contributed by atoms with E-state index in [-0.39, 0.29) is 0 Å². The second kappa shape index (κ2) is 6.71. The van der Waals surface area contributed by atoms with Gasteiger partial charge < -0.3 is 11.1 Å². The summed E-state index contributed by atoms with van der Waals surface area (Å²) in [7, 11) is 0. The number of hydrogen-bond acceptors (Lipinski definition) is 3. The number of pyridine rings is 1. The lowest BCUT2D eigenvalue weighted by Gasteiger charge is -2.23. The van der Waals surface area contributed by atoms with Crippen molar-refractivity contribution < 1.29 is 0 Å². The van der Waals surface area contributed by atoms with Crippen LogP contribution in [0.4, 0.5) is 5.82 Å². The van der Waals surface area contributed by atoms with Crippen molar-refractivity contribution in [1.29, 1.82) is 0 Å². The maximum Gasteiger partial charge on any atom is 0.128 e. The van der Waals surface area contributed by atoms with Gasteiger partial charge in [0.25, 0.3) is 0 Å². The molecule has 0 amide bonds. The number of nitrogens with zero attached hydrogens (tertiary/aromatic N) is 1. The van der Waals surface area contributed by atoms with E-state index in [1.807, 2.05) is 6.20 Å². The van der Waals surface area contributed by atoms with Crippen LogP contribution in [-0.2, 0) is 0 Å². The molecule has 0 aromatic carbocycles. The fraction of sp³-hybridized carbons (Fsp3) is 0.562. The van der Waals surface area contributed by atoms with Crippen LogP contribution >= 0.6 is 0 Å². The van der Waals surface area contributed by atoms with Crippen LogP contribution < -0.4 is 11.1 Å². The zero-order valence-electron chi connectivity index (χ0n) is 12.1. The van der Waals surface area contributed by atoms with Gasteiger partial charge >= 0.3 is 0 Å². The van der Waals surface area contributed by atoms with Gasteiger partial charge in [-0.1, -0.05) is 18.6 Å². The van der Waals surface area contributed by atoms with Crippen LogP contribution in [0.3, 0.4) is 0 Å². The first-order valence-electron chi connectivity index (χ1n) is 7.34. The molecule has 0 fully saturated rings. The molecule has 1 aromatic heterocycles. The summed E-state index contributed by atoms with van der Waals surface area (Å²) in [5.41, 5.74) is 9.94. The first-order valence-corrected chi connectivity index (χ1v) is 7.34. The van der Waals surface area contributed by atoms with Crippen LogP contribution in [0.15, 0.2) is 23.9 Å². The van der Waals surface area contributed by atoms with E-state index < -0.39 is 0 Å². The fourth-order valence-electron chi connectivity index (χ4n) is 2.77. The summed E-state index contributed by atoms with van der Waals surface area (Å²) < 4.78 is 0. The summed E-state index contributed by atoms with van der Waals surface area (Å²) in [4.78, 5) is 4.29. The number of allylic oxidation sites excluding steroid dienone is 1. The van der Waals surface area contributed by atoms with Gasteiger partial charge in [0.2, 0.25) is 0 Å². The van der Waals surface area contributed by atoms with E-state index in [1.165, 1.54) is 31.2 Å². The Hall–Kier alpha value is -1.35. The third-order valence-electron chi connectivity index (χ3n) is 3.76. The highest BCUT2D eigenvalue weighted by molar-refractivity contribution is 5.43. The number of rotatable bonds is 5. The molecule has 3 nitrogen and oxygen atoms in total. The molecule has 104 valence electrons. The molecule has 1 aromatic rings. The van der Waals surface area contributed by atoms with Crippen LogP contribution in [0.1, 0.15) is 56.2 Å². The topological polar surface area (TPSA) is 50.9 Å². The van der Waals surface area contributed by atoms with Crippen LogP contribution in [0, 0.1) is 6.92 Å². The Balaban J connectivity index is 2.18. The highest BCUT2D eigenvalue weighted by atomic mass is 14.9. The average Bonchev–Trinajstić information content (AvgIpc) is 2.42. The van der Waals surface area contributed by atoms with Crippen molar-refractivity contribution >= 4 is 5.82 Å². The van der Waals surface area contributed by atoms with Crippen molar-refractivity contribution in [2.24, 2.45) is 0 Å². The van der Waals surface area contributed by atoms with Crippen molar-refractivity contribution in [2.45, 2.75) is 52.0 Å².